The maximum Gasteiger partial charge on any atom is 0.243 e. The lowest BCUT2D eigenvalue weighted by molar-refractivity contribution is -0.142. The van der Waals surface area contributed by atoms with Crippen molar-refractivity contribution in [1.82, 2.24) is 10.2 Å². The first kappa shape index (κ1) is 29.1. The van der Waals surface area contributed by atoms with Crippen LogP contribution >= 0.6 is 11.6 Å². The van der Waals surface area contributed by atoms with Crippen LogP contribution in [0.2, 0.25) is 5.02 Å². The highest BCUT2D eigenvalue weighted by Crippen LogP contribution is 2.30. The summed E-state index contributed by atoms with van der Waals surface area (Å²) in [6, 6.07) is 36.8. The molecule has 0 radical (unpaired) electrons. The molecule has 1 atom stereocenters. The van der Waals surface area contributed by atoms with Crippen molar-refractivity contribution in [2.24, 2.45) is 0 Å². The Bertz CT molecular complexity index is 1350. The van der Waals surface area contributed by atoms with Crippen LogP contribution in [-0.4, -0.2) is 28.3 Å². The van der Waals surface area contributed by atoms with E-state index < -0.39 is 11.6 Å². The summed E-state index contributed by atoms with van der Waals surface area (Å²) >= 11 is 6.58. The van der Waals surface area contributed by atoms with Gasteiger partial charge in [-0.1, -0.05) is 121 Å². The van der Waals surface area contributed by atoms with Gasteiger partial charge in [-0.3, -0.25) is 9.59 Å². The van der Waals surface area contributed by atoms with Gasteiger partial charge in [0.1, 0.15) is 6.04 Å². The Kier molecular flexibility index (Phi) is 9.79. The van der Waals surface area contributed by atoms with E-state index in [1.165, 1.54) is 0 Å². The molecule has 5 heteroatoms. The highest BCUT2D eigenvalue weighted by atomic mass is 35.5. The van der Waals surface area contributed by atoms with Crippen LogP contribution in [0.1, 0.15) is 55.4 Å². The molecule has 40 heavy (non-hydrogen) atoms. The second-order valence-electron chi connectivity index (χ2n) is 11.1. The molecule has 4 aromatic carbocycles. The number of hydrogen-bond acceptors (Lipinski definition) is 2. The average molecular weight is 553 g/mol. The fourth-order valence-corrected chi connectivity index (χ4v) is 5.10. The van der Waals surface area contributed by atoms with Crippen LogP contribution < -0.4 is 5.32 Å². The van der Waals surface area contributed by atoms with Crippen LogP contribution in [0, 0.1) is 0 Å². The smallest absolute Gasteiger partial charge is 0.243 e. The topological polar surface area (TPSA) is 49.4 Å². The monoisotopic (exact) mass is 552 g/mol. The molecule has 0 fully saturated rings. The molecule has 4 aromatic rings. The Morgan fingerprint density at radius 3 is 1.77 bits per heavy atom. The summed E-state index contributed by atoms with van der Waals surface area (Å²) in [5.74, 6) is -0.456. The fraction of sp³-hybridized carbons (Fsp3) is 0.257. The number of carbonyl (C=O) groups is 2. The first-order valence-corrected chi connectivity index (χ1v) is 14.1. The zero-order valence-corrected chi connectivity index (χ0v) is 24.1. The number of rotatable bonds is 10. The molecule has 0 bridgehead atoms. The third-order valence-electron chi connectivity index (χ3n) is 6.85. The minimum absolute atomic E-state index is 0.109. The zero-order chi connectivity index (χ0) is 28.5. The highest BCUT2D eigenvalue weighted by Gasteiger charge is 2.34. The summed E-state index contributed by atoms with van der Waals surface area (Å²) < 4.78 is 0. The van der Waals surface area contributed by atoms with E-state index in [-0.39, 0.29) is 30.7 Å². The van der Waals surface area contributed by atoms with Gasteiger partial charge in [0.2, 0.25) is 11.8 Å². The first-order valence-electron chi connectivity index (χ1n) is 13.7. The number of hydrogen-bond donors (Lipinski definition) is 1. The summed E-state index contributed by atoms with van der Waals surface area (Å²) in [4.78, 5) is 30.0. The molecule has 0 aliphatic carbocycles. The van der Waals surface area contributed by atoms with Crippen molar-refractivity contribution in [3.63, 3.8) is 0 Å². The number of nitrogens with zero attached hydrogens (tertiary/aromatic N) is 1. The second-order valence-corrected chi connectivity index (χ2v) is 11.5. The standard InChI is InChI=1S/C35H37ClN2O2/c1-35(2,3)37-34(40)32(23-26-15-7-4-8-16-26)38(25-29-21-13-14-22-31(29)36)33(39)24-30(27-17-9-5-10-18-27)28-19-11-6-12-20-28/h4-22,30,32H,23-25H2,1-3H3,(H,37,40)/t32-/m1/s1. The van der Waals surface area contributed by atoms with Crippen LogP contribution in [-0.2, 0) is 22.6 Å². The molecule has 0 saturated heterocycles. The van der Waals surface area contributed by atoms with Crippen LogP contribution in [0.4, 0.5) is 0 Å². The molecule has 4 rings (SSSR count). The lowest BCUT2D eigenvalue weighted by Gasteiger charge is -2.35. The molecular formula is C35H37ClN2O2. The molecule has 1 N–H and O–H groups in total. The maximum absolute atomic E-state index is 14.4. The predicted octanol–water partition coefficient (Wildman–Crippen LogP) is 7.42. The van der Waals surface area contributed by atoms with Crippen molar-refractivity contribution < 1.29 is 9.59 Å². The Balaban J connectivity index is 1.76. The molecule has 0 spiro atoms. The van der Waals surface area contributed by atoms with Crippen LogP contribution in [0.3, 0.4) is 0 Å². The van der Waals surface area contributed by atoms with Crippen LogP contribution in [0.15, 0.2) is 115 Å². The van der Waals surface area contributed by atoms with Crippen molar-refractivity contribution >= 4 is 23.4 Å². The molecule has 2 amide bonds. The number of carbonyl (C=O) groups excluding carboxylic acids is 2. The summed E-state index contributed by atoms with van der Waals surface area (Å²) in [6.45, 7) is 6.08. The van der Waals surface area contributed by atoms with E-state index in [2.05, 4.69) is 29.6 Å². The van der Waals surface area contributed by atoms with Gasteiger partial charge in [-0.2, -0.15) is 0 Å². The Hall–Kier alpha value is -3.89. The third-order valence-corrected chi connectivity index (χ3v) is 7.22. The second kappa shape index (κ2) is 13.5. The molecule has 0 aliphatic heterocycles. The minimum Gasteiger partial charge on any atom is -0.350 e. The summed E-state index contributed by atoms with van der Waals surface area (Å²) in [5.41, 5.74) is 3.44. The molecule has 0 aliphatic rings. The van der Waals surface area contributed by atoms with Crippen molar-refractivity contribution in [3.05, 3.63) is 143 Å². The molecule has 4 nitrogen and oxygen atoms in total. The molecule has 0 aromatic heterocycles. The maximum atomic E-state index is 14.4. The van der Waals surface area contributed by atoms with Gasteiger partial charge in [-0.25, -0.2) is 0 Å². The Labute approximate surface area is 243 Å². The lowest BCUT2D eigenvalue weighted by Crippen LogP contribution is -2.54. The van der Waals surface area contributed by atoms with Crippen LogP contribution in [0.5, 0.6) is 0 Å². The number of nitrogens with one attached hydrogen (secondary N) is 1. The fourth-order valence-electron chi connectivity index (χ4n) is 4.91. The average Bonchev–Trinajstić information content (AvgIpc) is 2.95. The van der Waals surface area contributed by atoms with Crippen molar-refractivity contribution in [1.29, 1.82) is 0 Å². The van der Waals surface area contributed by atoms with Gasteiger partial charge in [0, 0.05) is 35.9 Å². The van der Waals surface area contributed by atoms with Gasteiger partial charge in [-0.15, -0.1) is 0 Å². The van der Waals surface area contributed by atoms with E-state index in [0.29, 0.717) is 11.4 Å². The van der Waals surface area contributed by atoms with Crippen molar-refractivity contribution in [2.75, 3.05) is 0 Å². The molecule has 0 heterocycles. The number of amides is 2. The molecule has 206 valence electrons. The van der Waals surface area contributed by atoms with E-state index in [0.717, 1.165) is 22.3 Å². The van der Waals surface area contributed by atoms with Gasteiger partial charge < -0.3 is 10.2 Å². The summed E-state index contributed by atoms with van der Waals surface area (Å²) in [5, 5.41) is 3.69. The predicted molar refractivity (Wildman–Crippen MR) is 163 cm³/mol. The van der Waals surface area contributed by atoms with Gasteiger partial charge in [-0.05, 0) is 49.1 Å². The molecule has 0 unspecified atom stereocenters. The normalized spacial score (nSPS) is 12.1. The molecular weight excluding hydrogens is 516 g/mol. The molecule has 0 saturated carbocycles. The highest BCUT2D eigenvalue weighted by molar-refractivity contribution is 6.31. The first-order chi connectivity index (χ1) is 19.2. The van der Waals surface area contributed by atoms with Gasteiger partial charge in [0.25, 0.3) is 0 Å². The van der Waals surface area contributed by atoms with E-state index in [9.17, 15) is 9.59 Å². The SMILES string of the molecule is CC(C)(C)NC(=O)[C@@H](Cc1ccccc1)N(Cc1ccccc1Cl)C(=O)CC(c1ccccc1)c1ccccc1. The van der Waals surface area contributed by atoms with E-state index in [1.807, 2.05) is 112 Å². The van der Waals surface area contributed by atoms with E-state index in [4.69, 9.17) is 11.6 Å². The van der Waals surface area contributed by atoms with Gasteiger partial charge in [0.15, 0.2) is 0 Å². The third kappa shape index (κ3) is 8.06. The number of benzene rings is 4. The Morgan fingerprint density at radius 2 is 1.25 bits per heavy atom. The van der Waals surface area contributed by atoms with Crippen molar-refractivity contribution in [2.45, 2.75) is 57.7 Å². The largest absolute Gasteiger partial charge is 0.350 e. The lowest BCUT2D eigenvalue weighted by atomic mass is 9.87. The van der Waals surface area contributed by atoms with Gasteiger partial charge in [0.05, 0.1) is 0 Å². The van der Waals surface area contributed by atoms with E-state index >= 15 is 0 Å². The van der Waals surface area contributed by atoms with Crippen LogP contribution in [0.25, 0.3) is 0 Å². The quantitative estimate of drug-likeness (QED) is 0.222. The van der Waals surface area contributed by atoms with E-state index in [1.54, 1.807) is 4.90 Å². The Morgan fingerprint density at radius 1 is 0.750 bits per heavy atom. The van der Waals surface area contributed by atoms with Crippen molar-refractivity contribution in [3.8, 4) is 0 Å². The zero-order valence-electron chi connectivity index (χ0n) is 23.4. The number of halogens is 1. The summed E-state index contributed by atoms with van der Waals surface area (Å²) in [7, 11) is 0. The van der Waals surface area contributed by atoms with Gasteiger partial charge >= 0.3 is 0 Å². The minimum atomic E-state index is -0.724. The summed E-state index contributed by atoms with van der Waals surface area (Å²) in [6.07, 6.45) is 0.604.